The number of sulfonamides is 1. The van der Waals surface area contributed by atoms with Gasteiger partial charge < -0.3 is 9.72 Å². The van der Waals surface area contributed by atoms with Crippen LogP contribution in [0.25, 0.3) is 0 Å². The lowest BCUT2D eigenvalue weighted by atomic mass is 10.2. The zero-order valence-electron chi connectivity index (χ0n) is 13.2. The summed E-state index contributed by atoms with van der Waals surface area (Å²) in [4.78, 5) is 21.7. The largest absolute Gasteiger partial charge is 0.461 e. The second-order valence-corrected chi connectivity index (χ2v) is 7.18. The molecule has 1 heterocycles. The highest BCUT2D eigenvalue weighted by atomic mass is 32.2. The summed E-state index contributed by atoms with van der Waals surface area (Å²) in [5.41, 5.74) is 0.108. The zero-order valence-corrected chi connectivity index (χ0v) is 14.0. The van der Waals surface area contributed by atoms with Crippen LogP contribution in [0.5, 0.6) is 0 Å². The van der Waals surface area contributed by atoms with Crippen molar-refractivity contribution in [3.05, 3.63) is 17.0 Å². The number of hydrogen-bond acceptors (Lipinski definition) is 5. The van der Waals surface area contributed by atoms with Gasteiger partial charge in [0.05, 0.1) is 12.2 Å². The average Bonchev–Trinajstić information content (AvgIpc) is 2.62. The van der Waals surface area contributed by atoms with E-state index in [1.165, 1.54) is 0 Å². The molecule has 0 aliphatic rings. The van der Waals surface area contributed by atoms with Gasteiger partial charge in [-0.1, -0.05) is 4.89 Å². The lowest BCUT2D eigenvalue weighted by molar-refractivity contribution is -0.0358. The van der Waals surface area contributed by atoms with Crippen LogP contribution in [-0.4, -0.2) is 31.6 Å². The van der Waals surface area contributed by atoms with E-state index >= 15 is 0 Å². The van der Waals surface area contributed by atoms with Gasteiger partial charge in [0.25, 0.3) is 10.0 Å². The molecule has 0 radical (unpaired) electrons. The minimum atomic E-state index is -3.89. The molecule has 120 valence electrons. The number of carbonyl (C=O) groups is 1. The maximum absolute atomic E-state index is 12.3. The Hall–Kier alpha value is -1.38. The Kier molecular flexibility index (Phi) is 5.19. The first-order valence-electron chi connectivity index (χ1n) is 6.55. The molecule has 1 rings (SSSR count). The highest BCUT2D eigenvalue weighted by Crippen LogP contribution is 2.24. The number of aromatic nitrogens is 1. The molecular formula is C13H22N2O5S. The lowest BCUT2D eigenvalue weighted by Gasteiger charge is -2.19. The number of hydrogen-bond donors (Lipinski definition) is 2. The summed E-state index contributed by atoms with van der Waals surface area (Å²) in [6.07, 6.45) is 0. The Labute approximate surface area is 125 Å². The van der Waals surface area contributed by atoms with Gasteiger partial charge in [-0.05, 0) is 41.5 Å². The first-order chi connectivity index (χ1) is 9.49. The second kappa shape index (κ2) is 6.17. The van der Waals surface area contributed by atoms with E-state index < -0.39 is 21.6 Å². The van der Waals surface area contributed by atoms with E-state index in [0.717, 1.165) is 0 Å². The van der Waals surface area contributed by atoms with Crippen LogP contribution in [0.1, 0.15) is 49.4 Å². The molecule has 7 nitrogen and oxygen atoms in total. The van der Waals surface area contributed by atoms with E-state index in [9.17, 15) is 13.2 Å². The van der Waals surface area contributed by atoms with Crippen LogP contribution in [0.4, 0.5) is 0 Å². The quantitative estimate of drug-likeness (QED) is 0.637. The fourth-order valence-electron chi connectivity index (χ4n) is 1.76. The Morgan fingerprint density at radius 3 is 2.33 bits per heavy atom. The molecule has 21 heavy (non-hydrogen) atoms. The number of aromatic amines is 1. The van der Waals surface area contributed by atoms with Gasteiger partial charge in [0.1, 0.15) is 10.6 Å². The molecule has 0 aliphatic heterocycles. The monoisotopic (exact) mass is 318 g/mol. The van der Waals surface area contributed by atoms with Crippen LogP contribution >= 0.6 is 0 Å². The zero-order chi connectivity index (χ0) is 16.4. The van der Waals surface area contributed by atoms with Gasteiger partial charge >= 0.3 is 5.97 Å². The Morgan fingerprint density at radius 1 is 1.29 bits per heavy atom. The van der Waals surface area contributed by atoms with Gasteiger partial charge in [0, 0.05) is 11.3 Å². The molecule has 0 aliphatic carbocycles. The van der Waals surface area contributed by atoms with Gasteiger partial charge in [-0.15, -0.1) is 0 Å². The van der Waals surface area contributed by atoms with Crippen molar-refractivity contribution in [2.45, 2.75) is 52.0 Å². The summed E-state index contributed by atoms with van der Waals surface area (Å²) in [7, 11) is -3.89. The van der Waals surface area contributed by atoms with Gasteiger partial charge in [0.2, 0.25) is 0 Å². The first-order valence-corrected chi connectivity index (χ1v) is 8.04. The number of carbonyl (C=O) groups excluding carboxylic acids is 1. The van der Waals surface area contributed by atoms with Crippen LogP contribution in [0.15, 0.2) is 4.90 Å². The van der Waals surface area contributed by atoms with Crippen LogP contribution in [0.3, 0.4) is 0 Å². The SMILES string of the molecule is CCOC(=O)c1[nH]c(C)c(S(=O)(=O)NOC(C)(C)C)c1C. The van der Waals surface area contributed by atoms with Gasteiger partial charge in [-0.2, -0.15) is 0 Å². The van der Waals surface area contributed by atoms with Crippen LogP contribution in [0, 0.1) is 13.8 Å². The van der Waals surface area contributed by atoms with Crippen molar-refractivity contribution in [2.75, 3.05) is 6.61 Å². The van der Waals surface area contributed by atoms with Gasteiger partial charge in [0.15, 0.2) is 0 Å². The van der Waals surface area contributed by atoms with Gasteiger partial charge in [-0.25, -0.2) is 13.2 Å². The van der Waals surface area contributed by atoms with Crippen LogP contribution < -0.4 is 4.89 Å². The van der Waals surface area contributed by atoms with Crippen molar-refractivity contribution in [3.8, 4) is 0 Å². The fourth-order valence-corrected chi connectivity index (χ4v) is 3.17. The predicted molar refractivity (Wildman–Crippen MR) is 77.4 cm³/mol. The van der Waals surface area contributed by atoms with Gasteiger partial charge in [-0.3, -0.25) is 4.84 Å². The number of aryl methyl sites for hydroxylation is 1. The van der Waals surface area contributed by atoms with Crippen molar-refractivity contribution < 1.29 is 22.8 Å². The first kappa shape index (κ1) is 17.7. The summed E-state index contributed by atoms with van der Waals surface area (Å²) >= 11 is 0. The van der Waals surface area contributed by atoms with E-state index in [1.807, 2.05) is 0 Å². The topological polar surface area (TPSA) is 97.5 Å². The molecule has 1 aromatic heterocycles. The maximum Gasteiger partial charge on any atom is 0.355 e. The van der Waals surface area contributed by atoms with Crippen molar-refractivity contribution in [3.63, 3.8) is 0 Å². The van der Waals surface area contributed by atoms with E-state index in [4.69, 9.17) is 9.57 Å². The van der Waals surface area contributed by atoms with Crippen molar-refractivity contribution in [1.82, 2.24) is 9.87 Å². The van der Waals surface area contributed by atoms with Crippen molar-refractivity contribution >= 4 is 16.0 Å². The molecule has 0 spiro atoms. The number of nitrogens with one attached hydrogen (secondary N) is 2. The molecule has 0 atom stereocenters. The lowest BCUT2D eigenvalue weighted by Crippen LogP contribution is -2.34. The van der Waals surface area contributed by atoms with E-state index in [-0.39, 0.29) is 17.2 Å². The standard InChI is InChI=1S/C13H22N2O5S/c1-7-19-12(16)10-8(2)11(9(3)14-10)21(17,18)15-20-13(4,5)6/h14-15H,7H2,1-6H3. The number of esters is 1. The third-order valence-corrected chi connectivity index (χ3v) is 4.03. The molecular weight excluding hydrogens is 296 g/mol. The predicted octanol–water partition coefficient (Wildman–Crippen LogP) is 1.82. The Balaban J connectivity index is 3.16. The van der Waals surface area contributed by atoms with Crippen LogP contribution in [0.2, 0.25) is 0 Å². The molecule has 0 aromatic carbocycles. The Bertz CT molecular complexity index is 626. The van der Waals surface area contributed by atoms with Crippen molar-refractivity contribution in [1.29, 1.82) is 0 Å². The molecule has 0 amide bonds. The molecule has 0 fully saturated rings. The maximum atomic E-state index is 12.3. The highest BCUT2D eigenvalue weighted by molar-refractivity contribution is 7.89. The number of ether oxygens (including phenoxy) is 1. The summed E-state index contributed by atoms with van der Waals surface area (Å²) < 4.78 is 29.5. The third kappa shape index (κ3) is 4.29. The summed E-state index contributed by atoms with van der Waals surface area (Å²) in [5.74, 6) is -0.587. The summed E-state index contributed by atoms with van der Waals surface area (Å²) in [6, 6.07) is 0. The number of rotatable bonds is 5. The van der Waals surface area contributed by atoms with Crippen LogP contribution in [-0.2, 0) is 19.6 Å². The van der Waals surface area contributed by atoms with E-state index in [1.54, 1.807) is 41.5 Å². The summed E-state index contributed by atoms with van der Waals surface area (Å²) in [6.45, 7) is 10.2. The average molecular weight is 318 g/mol. The molecule has 0 unspecified atom stereocenters. The minimum absolute atomic E-state index is 0.00481. The van der Waals surface area contributed by atoms with Crippen molar-refractivity contribution in [2.24, 2.45) is 0 Å². The number of H-pyrrole nitrogens is 1. The van der Waals surface area contributed by atoms with E-state index in [0.29, 0.717) is 11.3 Å². The molecule has 0 bridgehead atoms. The second-order valence-electron chi connectivity index (χ2n) is 5.60. The Morgan fingerprint density at radius 2 is 1.86 bits per heavy atom. The smallest absolute Gasteiger partial charge is 0.355 e. The molecule has 1 aromatic rings. The normalized spacial score (nSPS) is 12.5. The molecule has 8 heteroatoms. The summed E-state index contributed by atoms with van der Waals surface area (Å²) in [5, 5.41) is 0. The third-order valence-electron chi connectivity index (χ3n) is 2.57. The molecule has 0 saturated heterocycles. The molecule has 0 saturated carbocycles. The highest BCUT2D eigenvalue weighted by Gasteiger charge is 2.28. The fraction of sp³-hybridized carbons (Fsp3) is 0.615. The van der Waals surface area contributed by atoms with E-state index in [2.05, 4.69) is 9.87 Å². The molecule has 2 N–H and O–H groups in total. The minimum Gasteiger partial charge on any atom is -0.461 e.